The van der Waals surface area contributed by atoms with Crippen molar-refractivity contribution in [3.8, 4) is 11.5 Å². The molecule has 7 heteroatoms. The Hall–Kier alpha value is -2.28. The number of ether oxygens (including phenoxy) is 2. The van der Waals surface area contributed by atoms with Gasteiger partial charge in [0, 0.05) is 12.6 Å². The van der Waals surface area contributed by atoms with Crippen LogP contribution in [0.2, 0.25) is 0 Å². The van der Waals surface area contributed by atoms with Crippen LogP contribution in [0.4, 0.5) is 5.69 Å². The average molecular weight is 351 g/mol. The van der Waals surface area contributed by atoms with E-state index in [1.165, 1.54) is 7.11 Å². The first-order valence-corrected chi connectivity index (χ1v) is 8.19. The fraction of sp³-hybridized carbons (Fsp3) is 0.556. The lowest BCUT2D eigenvalue weighted by Crippen LogP contribution is -2.45. The lowest BCUT2D eigenvalue weighted by molar-refractivity contribution is -0.138. The molecule has 0 spiro atoms. The fourth-order valence-electron chi connectivity index (χ4n) is 2.10. The summed E-state index contributed by atoms with van der Waals surface area (Å²) in [6.07, 6.45) is 0.822. The summed E-state index contributed by atoms with van der Waals surface area (Å²) in [6.45, 7) is 4.59. The Labute approximate surface area is 149 Å². The number of hydrogen-bond donors (Lipinski definition) is 2. The van der Waals surface area contributed by atoms with Crippen LogP contribution >= 0.6 is 0 Å². The van der Waals surface area contributed by atoms with Crippen LogP contribution in [0, 0.1) is 5.41 Å². The molecule has 0 aromatic heterocycles. The third kappa shape index (κ3) is 5.94. The second-order valence-electron chi connectivity index (χ2n) is 6.56. The molecule has 1 aromatic carbocycles. The maximum absolute atomic E-state index is 12.6. The number of rotatable bonds is 9. The van der Waals surface area contributed by atoms with E-state index < -0.39 is 11.3 Å². The van der Waals surface area contributed by atoms with Gasteiger partial charge in [0.2, 0.25) is 11.8 Å². The van der Waals surface area contributed by atoms with Crippen molar-refractivity contribution in [1.29, 1.82) is 0 Å². The third-order valence-corrected chi connectivity index (χ3v) is 3.86. The van der Waals surface area contributed by atoms with E-state index in [-0.39, 0.29) is 5.91 Å². The molecule has 7 nitrogen and oxygen atoms in total. The highest BCUT2D eigenvalue weighted by Gasteiger charge is 2.36. The van der Waals surface area contributed by atoms with E-state index in [0.29, 0.717) is 23.7 Å². The molecule has 0 aliphatic heterocycles. The summed E-state index contributed by atoms with van der Waals surface area (Å²) in [7, 11) is 7.01. The zero-order valence-corrected chi connectivity index (χ0v) is 15.9. The van der Waals surface area contributed by atoms with Crippen molar-refractivity contribution in [1.82, 2.24) is 10.2 Å². The first-order chi connectivity index (χ1) is 11.7. The summed E-state index contributed by atoms with van der Waals surface area (Å²) in [6, 6.07) is 5.07. The highest BCUT2D eigenvalue weighted by atomic mass is 16.5. The summed E-state index contributed by atoms with van der Waals surface area (Å²) in [4.78, 5) is 27.0. The van der Waals surface area contributed by atoms with Crippen LogP contribution in [0.5, 0.6) is 11.5 Å². The molecule has 2 N–H and O–H groups in total. The van der Waals surface area contributed by atoms with E-state index in [1.807, 2.05) is 19.0 Å². The summed E-state index contributed by atoms with van der Waals surface area (Å²) in [5, 5.41) is 5.57. The van der Waals surface area contributed by atoms with E-state index in [9.17, 15) is 9.59 Å². The standard InChI is InChI=1S/C18H29N3O4/c1-18(2,16(22)19-10-7-11-21(3)4)17(23)20-14-9-8-13(24-5)12-15(14)25-6/h8-9,12H,7,10-11H2,1-6H3,(H,19,22)(H,20,23). The van der Waals surface area contributed by atoms with Crippen molar-refractivity contribution in [2.75, 3.05) is 46.7 Å². The van der Waals surface area contributed by atoms with Crippen LogP contribution in [-0.2, 0) is 9.59 Å². The van der Waals surface area contributed by atoms with Crippen molar-refractivity contribution in [2.45, 2.75) is 20.3 Å². The number of carbonyl (C=O) groups is 2. The lowest BCUT2D eigenvalue weighted by atomic mass is 9.91. The molecule has 0 unspecified atom stereocenters. The number of methoxy groups -OCH3 is 2. The van der Waals surface area contributed by atoms with Gasteiger partial charge in [-0.15, -0.1) is 0 Å². The Morgan fingerprint density at radius 3 is 2.36 bits per heavy atom. The molecule has 1 aromatic rings. The van der Waals surface area contributed by atoms with E-state index in [4.69, 9.17) is 9.47 Å². The summed E-state index contributed by atoms with van der Waals surface area (Å²) >= 11 is 0. The Kier molecular flexibility index (Phi) is 7.70. The zero-order chi connectivity index (χ0) is 19.0. The summed E-state index contributed by atoms with van der Waals surface area (Å²) in [5.74, 6) is 0.375. The molecule has 2 amide bonds. The number of carbonyl (C=O) groups excluding carboxylic acids is 2. The number of amides is 2. The molecule has 0 saturated heterocycles. The molecule has 0 heterocycles. The van der Waals surface area contributed by atoms with E-state index in [2.05, 4.69) is 10.6 Å². The maximum Gasteiger partial charge on any atom is 0.239 e. The van der Waals surface area contributed by atoms with Crippen LogP contribution in [0.1, 0.15) is 20.3 Å². The average Bonchev–Trinajstić information content (AvgIpc) is 2.58. The second-order valence-corrected chi connectivity index (χ2v) is 6.56. The molecule has 1 rings (SSSR count). The molecular weight excluding hydrogens is 322 g/mol. The first-order valence-electron chi connectivity index (χ1n) is 8.19. The van der Waals surface area contributed by atoms with Crippen LogP contribution in [0.3, 0.4) is 0 Å². The van der Waals surface area contributed by atoms with Crippen molar-refractivity contribution in [3.63, 3.8) is 0 Å². The number of hydrogen-bond acceptors (Lipinski definition) is 5. The van der Waals surface area contributed by atoms with Gasteiger partial charge >= 0.3 is 0 Å². The topological polar surface area (TPSA) is 79.9 Å². The second kappa shape index (κ2) is 9.27. The number of benzene rings is 1. The SMILES string of the molecule is COc1ccc(NC(=O)C(C)(C)C(=O)NCCCN(C)C)c(OC)c1. The van der Waals surface area contributed by atoms with Gasteiger partial charge in [-0.05, 0) is 53.0 Å². The normalized spacial score (nSPS) is 11.2. The monoisotopic (exact) mass is 351 g/mol. The van der Waals surface area contributed by atoms with E-state index in [1.54, 1.807) is 39.2 Å². The number of anilines is 1. The number of nitrogens with one attached hydrogen (secondary N) is 2. The van der Waals surface area contributed by atoms with Crippen LogP contribution in [0.15, 0.2) is 18.2 Å². The van der Waals surface area contributed by atoms with Gasteiger partial charge in [-0.25, -0.2) is 0 Å². The van der Waals surface area contributed by atoms with Crippen molar-refractivity contribution < 1.29 is 19.1 Å². The molecule has 25 heavy (non-hydrogen) atoms. The Morgan fingerprint density at radius 1 is 1.12 bits per heavy atom. The summed E-state index contributed by atoms with van der Waals surface area (Å²) in [5.41, 5.74) is -0.718. The smallest absolute Gasteiger partial charge is 0.239 e. The zero-order valence-electron chi connectivity index (χ0n) is 15.9. The largest absolute Gasteiger partial charge is 0.497 e. The maximum atomic E-state index is 12.6. The van der Waals surface area contributed by atoms with Gasteiger partial charge in [-0.1, -0.05) is 0 Å². The van der Waals surface area contributed by atoms with Gasteiger partial charge in [0.25, 0.3) is 0 Å². The molecule has 0 atom stereocenters. The van der Waals surface area contributed by atoms with Crippen molar-refractivity contribution >= 4 is 17.5 Å². The minimum absolute atomic E-state index is 0.309. The minimum atomic E-state index is -1.21. The molecule has 140 valence electrons. The van der Waals surface area contributed by atoms with Gasteiger partial charge in [0.05, 0.1) is 19.9 Å². The molecule has 0 saturated carbocycles. The van der Waals surface area contributed by atoms with Gasteiger partial charge in [0.15, 0.2) is 0 Å². The molecule has 0 bridgehead atoms. The third-order valence-electron chi connectivity index (χ3n) is 3.86. The van der Waals surface area contributed by atoms with Crippen LogP contribution in [0.25, 0.3) is 0 Å². The molecule has 0 aliphatic carbocycles. The number of nitrogens with zero attached hydrogens (tertiary/aromatic N) is 1. The van der Waals surface area contributed by atoms with Crippen LogP contribution in [-0.4, -0.2) is 58.1 Å². The fourth-order valence-corrected chi connectivity index (χ4v) is 2.10. The Morgan fingerprint density at radius 2 is 1.80 bits per heavy atom. The summed E-state index contributed by atoms with van der Waals surface area (Å²) < 4.78 is 10.4. The molecule has 0 fully saturated rings. The van der Waals surface area contributed by atoms with Gasteiger partial charge in [-0.2, -0.15) is 0 Å². The van der Waals surface area contributed by atoms with Gasteiger partial charge in [0.1, 0.15) is 16.9 Å². The molecule has 0 aliphatic rings. The predicted molar refractivity (Wildman–Crippen MR) is 98.1 cm³/mol. The lowest BCUT2D eigenvalue weighted by Gasteiger charge is -2.23. The first kappa shape index (κ1) is 20.8. The van der Waals surface area contributed by atoms with E-state index in [0.717, 1.165) is 13.0 Å². The van der Waals surface area contributed by atoms with Gasteiger partial charge < -0.3 is 25.0 Å². The van der Waals surface area contributed by atoms with Crippen molar-refractivity contribution in [2.24, 2.45) is 5.41 Å². The Balaban J connectivity index is 2.72. The van der Waals surface area contributed by atoms with Gasteiger partial charge in [-0.3, -0.25) is 9.59 Å². The highest BCUT2D eigenvalue weighted by Crippen LogP contribution is 2.30. The van der Waals surface area contributed by atoms with Crippen molar-refractivity contribution in [3.05, 3.63) is 18.2 Å². The molecular formula is C18H29N3O4. The van der Waals surface area contributed by atoms with Crippen LogP contribution < -0.4 is 20.1 Å². The Bertz CT molecular complexity index is 600. The quantitative estimate of drug-likeness (QED) is 0.523. The highest BCUT2D eigenvalue weighted by molar-refractivity contribution is 6.10. The van der Waals surface area contributed by atoms with E-state index >= 15 is 0 Å². The minimum Gasteiger partial charge on any atom is -0.497 e. The predicted octanol–water partition coefficient (Wildman–Crippen LogP) is 1.74. The molecule has 0 radical (unpaired) electrons.